The molecule has 4 heteroatoms. The van der Waals surface area contributed by atoms with E-state index in [1.54, 1.807) is 0 Å². The van der Waals surface area contributed by atoms with E-state index >= 15 is 0 Å². The molecule has 7 rings (SSSR count). The molecule has 0 radical (unpaired) electrons. The molecule has 6 aromatic rings. The summed E-state index contributed by atoms with van der Waals surface area (Å²) in [4.78, 5) is 7.19. The summed E-state index contributed by atoms with van der Waals surface area (Å²) in [5.41, 5.74) is 12.9. The van der Waals surface area contributed by atoms with Crippen LogP contribution in [0.25, 0.3) is 21.8 Å². The minimum absolute atomic E-state index is 0.202. The van der Waals surface area contributed by atoms with Gasteiger partial charge in [-0.3, -0.25) is 0 Å². The molecule has 2 heterocycles. The molecule has 1 aliphatic heterocycles. The molecule has 1 aliphatic rings. The number of nitrogens with zero attached hydrogens (tertiary/aromatic N) is 4. The van der Waals surface area contributed by atoms with Crippen LogP contribution in [-0.4, -0.2) is 17.2 Å². The molecule has 0 amide bonds. The van der Waals surface area contributed by atoms with Crippen LogP contribution in [0.1, 0.15) is 85.3 Å². The summed E-state index contributed by atoms with van der Waals surface area (Å²) in [7, 11) is 0. The van der Waals surface area contributed by atoms with Gasteiger partial charge >= 0.3 is 0 Å². The van der Waals surface area contributed by atoms with Gasteiger partial charge in [-0.1, -0.05) is 179 Å². The zero-order valence-corrected chi connectivity index (χ0v) is 41.9. The number of anilines is 4. The van der Waals surface area contributed by atoms with E-state index in [1.165, 1.54) is 38.6 Å². The van der Waals surface area contributed by atoms with Crippen LogP contribution in [0.5, 0.6) is 0 Å². The van der Waals surface area contributed by atoms with Gasteiger partial charge in [0.2, 0.25) is 0 Å². The van der Waals surface area contributed by atoms with Crippen LogP contribution in [0, 0.1) is 0 Å². The van der Waals surface area contributed by atoms with Crippen LogP contribution in [0.4, 0.5) is 22.7 Å². The molecule has 1 aromatic heterocycles. The van der Waals surface area contributed by atoms with E-state index in [-0.39, 0.29) is 12.1 Å². The van der Waals surface area contributed by atoms with Crippen LogP contribution < -0.4 is 14.7 Å². The second kappa shape index (κ2) is 25.2. The van der Waals surface area contributed by atoms with Gasteiger partial charge < -0.3 is 19.3 Å². The van der Waals surface area contributed by atoms with Gasteiger partial charge in [-0.2, -0.15) is 0 Å². The van der Waals surface area contributed by atoms with E-state index in [9.17, 15) is 0 Å². The fourth-order valence-electron chi connectivity index (χ4n) is 9.23. The van der Waals surface area contributed by atoms with Crippen molar-refractivity contribution in [2.75, 3.05) is 21.2 Å². The lowest BCUT2D eigenvalue weighted by molar-refractivity contribution is 0.710. The smallest absolute Gasteiger partial charge is 0.0522 e. The van der Waals surface area contributed by atoms with Gasteiger partial charge in [0.05, 0.1) is 6.04 Å². The van der Waals surface area contributed by atoms with Gasteiger partial charge in [0.1, 0.15) is 0 Å². The predicted molar refractivity (Wildman–Crippen MR) is 303 cm³/mol. The molecule has 0 saturated carbocycles. The maximum Gasteiger partial charge on any atom is 0.0522 e. The number of aromatic nitrogens is 1. The zero-order chi connectivity index (χ0) is 48.4. The summed E-state index contributed by atoms with van der Waals surface area (Å²) >= 11 is 0. The van der Waals surface area contributed by atoms with E-state index in [2.05, 4.69) is 286 Å². The number of benzene rings is 5. The van der Waals surface area contributed by atoms with Crippen molar-refractivity contribution in [2.24, 2.45) is 0 Å². The van der Waals surface area contributed by atoms with Crippen LogP contribution >= 0.6 is 0 Å². The van der Waals surface area contributed by atoms with E-state index in [4.69, 9.17) is 0 Å². The summed E-state index contributed by atoms with van der Waals surface area (Å²) < 4.78 is 2.47. The average Bonchev–Trinajstić information content (AvgIpc) is 3.71. The Kier molecular flexibility index (Phi) is 18.1. The number of allylic oxidation sites excluding steroid dienone is 14. The number of fused-ring (bicyclic) bond motifs is 3. The van der Waals surface area contributed by atoms with E-state index in [0.29, 0.717) is 0 Å². The highest BCUT2D eigenvalue weighted by molar-refractivity contribution is 6.09. The largest absolute Gasteiger partial charge is 0.338 e. The topological polar surface area (TPSA) is 14.7 Å². The third-order valence-corrected chi connectivity index (χ3v) is 12.7. The van der Waals surface area contributed by atoms with Crippen LogP contribution in [0.2, 0.25) is 0 Å². The molecule has 0 saturated heterocycles. The fourth-order valence-corrected chi connectivity index (χ4v) is 9.23. The van der Waals surface area contributed by atoms with Gasteiger partial charge in [-0.15, -0.1) is 0 Å². The number of rotatable bonds is 19. The first-order valence-electron chi connectivity index (χ1n) is 25.2. The quantitative estimate of drug-likeness (QED) is 0.0594. The van der Waals surface area contributed by atoms with E-state index in [1.807, 2.05) is 0 Å². The standard InChI is InChI=1S/C65H72N4/c1-8-12-14-16-26-48-66(61-46-47-65-63(50-61)62-36-24-25-37-64(62)68(65)52(6)29-19-15-13-9-2)56-44-40-54(41-45-56)30-27-35-57(28-10-3)69(59-33-22-18-23-34-59)60-42-38-51(5)49-55(11-4)67(53(7)39-43-60)58-31-20-17-21-32-58/h12-29,31-37,39-47,49-50,52,55H,7-11,30,38,48H2,1-6H3/b14-12-,15-13-,26-16-,29-19-,35-27-,43-39-,51-49-,57-28+,60-42+. The summed E-state index contributed by atoms with van der Waals surface area (Å²) in [6.45, 7) is 18.7. The second-order valence-corrected chi connectivity index (χ2v) is 17.8. The minimum atomic E-state index is 0.202. The first-order chi connectivity index (χ1) is 33.8. The van der Waals surface area contributed by atoms with Crippen molar-refractivity contribution in [3.8, 4) is 0 Å². The Balaban J connectivity index is 1.18. The molecule has 69 heavy (non-hydrogen) atoms. The lowest BCUT2D eigenvalue weighted by Gasteiger charge is -2.33. The number of hydrogen-bond donors (Lipinski definition) is 0. The van der Waals surface area contributed by atoms with Crippen molar-refractivity contribution in [1.29, 1.82) is 0 Å². The summed E-state index contributed by atoms with van der Waals surface area (Å²) in [6.07, 6.45) is 39.3. The van der Waals surface area contributed by atoms with Crippen LogP contribution in [0.3, 0.4) is 0 Å². The molecule has 0 fully saturated rings. The Bertz CT molecular complexity index is 2890. The summed E-state index contributed by atoms with van der Waals surface area (Å²) in [6, 6.07) is 46.7. The van der Waals surface area contributed by atoms with Crippen molar-refractivity contribution in [3.05, 3.63) is 253 Å². The first kappa shape index (κ1) is 49.6. The van der Waals surface area contributed by atoms with Crippen molar-refractivity contribution in [3.63, 3.8) is 0 Å². The molecule has 0 spiro atoms. The Morgan fingerprint density at radius 3 is 2.07 bits per heavy atom. The van der Waals surface area contributed by atoms with E-state index < -0.39 is 0 Å². The highest BCUT2D eigenvalue weighted by Crippen LogP contribution is 2.37. The SMILES string of the molecule is C=C1/C=C\C(N(C(/C=C\Cc2ccc(N(C/C=C\C=C/CC)c3ccc4c(c3)c3ccccc3n4C(C)/C=C\C=C/CC)cc2)=C/CC)c2ccccc2)=C/C/C(C)=C\C(CC)N1c1ccccc1. The Morgan fingerprint density at radius 2 is 1.35 bits per heavy atom. The minimum Gasteiger partial charge on any atom is -0.338 e. The lowest BCUT2D eigenvalue weighted by Crippen LogP contribution is -2.32. The Labute approximate surface area is 414 Å². The van der Waals surface area contributed by atoms with Gasteiger partial charge in [-0.05, 0) is 137 Å². The molecule has 2 atom stereocenters. The molecular weight excluding hydrogens is 837 g/mol. The van der Waals surface area contributed by atoms with Crippen molar-refractivity contribution in [1.82, 2.24) is 4.57 Å². The predicted octanol–water partition coefficient (Wildman–Crippen LogP) is 18.0. The molecule has 352 valence electrons. The second-order valence-electron chi connectivity index (χ2n) is 17.8. The molecule has 5 aromatic carbocycles. The van der Waals surface area contributed by atoms with Gasteiger partial charge in [-0.25, -0.2) is 0 Å². The normalized spacial score (nSPS) is 17.7. The van der Waals surface area contributed by atoms with Crippen molar-refractivity contribution >= 4 is 44.6 Å². The number of hydrogen-bond acceptors (Lipinski definition) is 3. The Morgan fingerprint density at radius 1 is 0.681 bits per heavy atom. The zero-order valence-electron chi connectivity index (χ0n) is 41.9. The van der Waals surface area contributed by atoms with Gasteiger partial charge in [0.15, 0.2) is 0 Å². The van der Waals surface area contributed by atoms with E-state index in [0.717, 1.165) is 79.2 Å². The molecule has 2 unspecified atom stereocenters. The van der Waals surface area contributed by atoms with Gasteiger partial charge in [0.25, 0.3) is 0 Å². The molecule has 4 nitrogen and oxygen atoms in total. The molecular formula is C65H72N4. The lowest BCUT2D eigenvalue weighted by atomic mass is 10.0. The third kappa shape index (κ3) is 12.6. The van der Waals surface area contributed by atoms with Crippen molar-refractivity contribution < 1.29 is 0 Å². The van der Waals surface area contributed by atoms with Crippen molar-refractivity contribution in [2.45, 2.75) is 92.2 Å². The Hall–Kier alpha value is -7.30. The number of para-hydroxylation sites is 3. The summed E-state index contributed by atoms with van der Waals surface area (Å²) in [5.74, 6) is 0. The fraction of sp³-hybridized carbons (Fsp3) is 0.231. The van der Waals surface area contributed by atoms with Gasteiger partial charge in [0, 0.05) is 74.2 Å². The average molecular weight is 909 g/mol. The third-order valence-electron chi connectivity index (χ3n) is 12.7. The highest BCUT2D eigenvalue weighted by Gasteiger charge is 2.21. The molecule has 0 N–H and O–H groups in total. The summed E-state index contributed by atoms with van der Waals surface area (Å²) in [5, 5.41) is 2.54. The van der Waals surface area contributed by atoms with Crippen LogP contribution in [0.15, 0.2) is 248 Å². The maximum absolute atomic E-state index is 4.62. The monoisotopic (exact) mass is 909 g/mol. The van der Waals surface area contributed by atoms with Crippen LogP contribution in [-0.2, 0) is 6.42 Å². The molecule has 0 bridgehead atoms. The first-order valence-corrected chi connectivity index (χ1v) is 25.2. The maximum atomic E-state index is 4.62. The highest BCUT2D eigenvalue weighted by atomic mass is 15.2. The molecule has 0 aliphatic carbocycles.